The summed E-state index contributed by atoms with van der Waals surface area (Å²) in [5.74, 6) is 0. The molecule has 2 N–H and O–H groups in total. The van der Waals surface area contributed by atoms with E-state index in [0.717, 1.165) is 6.42 Å². The molecule has 0 aliphatic rings. The molecule has 0 aromatic carbocycles. The monoisotopic (exact) mass is 306 g/mol. The van der Waals surface area contributed by atoms with Crippen molar-refractivity contribution in [2.24, 2.45) is 0 Å². The molecule has 106 valence electrons. The summed E-state index contributed by atoms with van der Waals surface area (Å²) in [4.78, 5) is 0. The summed E-state index contributed by atoms with van der Waals surface area (Å²) in [6.07, 6.45) is 13.9. The van der Waals surface area contributed by atoms with E-state index < -0.39 is 10.4 Å². The Kier molecular flexibility index (Phi) is 25.2. The standard InChI is InChI=1S/C12H25.K.H2O4S/c1-3-5-7-9-11-12-10-8-6-4-2;;1-5(2,3)4/h1,3-12H2,2H3;;(H2,1,2,3,4)/q-1;+1;. The van der Waals surface area contributed by atoms with Crippen LogP contribution in [-0.4, -0.2) is 17.5 Å². The van der Waals surface area contributed by atoms with Crippen LogP contribution < -0.4 is 51.4 Å². The fourth-order valence-corrected chi connectivity index (χ4v) is 1.49. The fourth-order valence-electron chi connectivity index (χ4n) is 1.49. The fraction of sp³-hybridized carbons (Fsp3) is 0.917. The molecule has 0 atom stereocenters. The average Bonchev–Trinajstić information content (AvgIpc) is 2.20. The van der Waals surface area contributed by atoms with Crippen LogP contribution in [0.5, 0.6) is 0 Å². The maximum absolute atomic E-state index is 8.74. The molecule has 4 nitrogen and oxygen atoms in total. The Labute approximate surface area is 155 Å². The quantitative estimate of drug-likeness (QED) is 0.289. The largest absolute Gasteiger partial charge is 1.00 e. The third-order valence-electron chi connectivity index (χ3n) is 2.35. The summed E-state index contributed by atoms with van der Waals surface area (Å²) >= 11 is 0. The first kappa shape index (κ1) is 24.5. The van der Waals surface area contributed by atoms with Crippen LogP contribution in [0.4, 0.5) is 0 Å². The molecule has 0 amide bonds. The Hall–Kier alpha value is 1.51. The molecule has 0 radical (unpaired) electrons. The zero-order chi connectivity index (χ0) is 13.6. The van der Waals surface area contributed by atoms with Gasteiger partial charge in [-0.1, -0.05) is 64.7 Å². The van der Waals surface area contributed by atoms with Gasteiger partial charge in [-0.15, -0.1) is 0 Å². The molecule has 18 heavy (non-hydrogen) atoms. The van der Waals surface area contributed by atoms with E-state index in [0.29, 0.717) is 0 Å². The van der Waals surface area contributed by atoms with Gasteiger partial charge in [0.2, 0.25) is 0 Å². The zero-order valence-corrected chi connectivity index (χ0v) is 15.8. The molecular weight excluding hydrogens is 279 g/mol. The van der Waals surface area contributed by atoms with Crippen LogP contribution in [0, 0.1) is 6.92 Å². The Bertz CT molecular complexity index is 212. The molecule has 0 unspecified atom stereocenters. The Morgan fingerprint density at radius 1 is 0.833 bits per heavy atom. The second-order valence-corrected chi connectivity index (χ2v) is 5.03. The molecule has 0 aromatic heterocycles. The van der Waals surface area contributed by atoms with Crippen LogP contribution in [-0.2, 0) is 10.4 Å². The van der Waals surface area contributed by atoms with Gasteiger partial charge < -0.3 is 6.92 Å². The molecule has 0 heterocycles. The predicted octanol–water partition coefficient (Wildman–Crippen LogP) is 1.09. The maximum atomic E-state index is 8.74. The Balaban J connectivity index is -0.000000321. The van der Waals surface area contributed by atoms with Gasteiger partial charge in [0.05, 0.1) is 0 Å². The molecule has 0 fully saturated rings. The van der Waals surface area contributed by atoms with Gasteiger partial charge in [0, 0.05) is 0 Å². The van der Waals surface area contributed by atoms with E-state index in [9.17, 15) is 0 Å². The first-order valence-corrected chi connectivity index (χ1v) is 7.80. The van der Waals surface area contributed by atoms with Crippen molar-refractivity contribution >= 4 is 10.4 Å². The SMILES string of the molecule is O=S(=O)(O)O.[CH2-]CCCCCCCCCCC.[K+]. The van der Waals surface area contributed by atoms with E-state index in [4.69, 9.17) is 17.5 Å². The predicted molar refractivity (Wildman–Crippen MR) is 71.4 cm³/mol. The average molecular weight is 307 g/mol. The first-order valence-electron chi connectivity index (χ1n) is 6.41. The molecular formula is C12H27KO4S. The van der Waals surface area contributed by atoms with Crippen molar-refractivity contribution in [1.29, 1.82) is 0 Å². The van der Waals surface area contributed by atoms with Crippen molar-refractivity contribution in [2.75, 3.05) is 0 Å². The summed E-state index contributed by atoms with van der Waals surface area (Å²) in [5.41, 5.74) is 0. The molecule has 0 aromatic rings. The minimum atomic E-state index is -4.67. The van der Waals surface area contributed by atoms with Crippen LogP contribution in [0.25, 0.3) is 0 Å². The second-order valence-electron chi connectivity index (χ2n) is 4.13. The van der Waals surface area contributed by atoms with Crippen LogP contribution in [0.1, 0.15) is 71.1 Å². The molecule has 0 saturated heterocycles. The second kappa shape index (κ2) is 18.5. The van der Waals surface area contributed by atoms with E-state index in [1.807, 2.05) is 0 Å². The van der Waals surface area contributed by atoms with Gasteiger partial charge in [0.25, 0.3) is 0 Å². The van der Waals surface area contributed by atoms with Gasteiger partial charge in [-0.2, -0.15) is 14.8 Å². The molecule has 0 aliphatic carbocycles. The molecule has 0 saturated carbocycles. The van der Waals surface area contributed by atoms with E-state index >= 15 is 0 Å². The summed E-state index contributed by atoms with van der Waals surface area (Å²) in [5, 5.41) is 0. The van der Waals surface area contributed by atoms with Crippen LogP contribution in [0.3, 0.4) is 0 Å². The van der Waals surface area contributed by atoms with E-state index in [1.54, 1.807) is 0 Å². The van der Waals surface area contributed by atoms with Crippen molar-refractivity contribution in [3.8, 4) is 0 Å². The van der Waals surface area contributed by atoms with Crippen molar-refractivity contribution < 1.29 is 68.9 Å². The van der Waals surface area contributed by atoms with Crippen LogP contribution in [0.15, 0.2) is 0 Å². The molecule has 0 spiro atoms. The summed E-state index contributed by atoms with van der Waals surface area (Å²) in [6.45, 7) is 6.12. The summed E-state index contributed by atoms with van der Waals surface area (Å²) < 4.78 is 31.6. The smallest absolute Gasteiger partial charge is 0.343 e. The van der Waals surface area contributed by atoms with E-state index in [1.165, 1.54) is 57.8 Å². The van der Waals surface area contributed by atoms with Gasteiger partial charge >= 0.3 is 61.8 Å². The number of hydrogen-bond acceptors (Lipinski definition) is 2. The van der Waals surface area contributed by atoms with Gasteiger partial charge in [0.15, 0.2) is 0 Å². The number of unbranched alkanes of at least 4 members (excludes halogenated alkanes) is 9. The van der Waals surface area contributed by atoms with Crippen LogP contribution >= 0.6 is 0 Å². The molecule has 0 aliphatic heterocycles. The van der Waals surface area contributed by atoms with Gasteiger partial charge in [0.1, 0.15) is 0 Å². The topological polar surface area (TPSA) is 74.6 Å². The third-order valence-corrected chi connectivity index (χ3v) is 2.35. The Morgan fingerprint density at radius 2 is 1.11 bits per heavy atom. The van der Waals surface area contributed by atoms with Gasteiger partial charge in [-0.05, 0) is 0 Å². The summed E-state index contributed by atoms with van der Waals surface area (Å²) in [7, 11) is -4.67. The molecule has 0 rings (SSSR count). The van der Waals surface area contributed by atoms with E-state index in [-0.39, 0.29) is 51.4 Å². The first-order chi connectivity index (χ1) is 7.91. The van der Waals surface area contributed by atoms with Crippen LogP contribution in [0.2, 0.25) is 0 Å². The minimum Gasteiger partial charge on any atom is -0.343 e. The number of rotatable bonds is 9. The summed E-state index contributed by atoms with van der Waals surface area (Å²) in [6, 6.07) is 0. The Morgan fingerprint density at radius 3 is 1.39 bits per heavy atom. The van der Waals surface area contributed by atoms with Gasteiger partial charge in [-0.3, -0.25) is 9.11 Å². The minimum absolute atomic E-state index is 0. The maximum Gasteiger partial charge on any atom is 1.00 e. The van der Waals surface area contributed by atoms with Crippen molar-refractivity contribution in [2.45, 2.75) is 71.1 Å². The molecule has 0 bridgehead atoms. The van der Waals surface area contributed by atoms with Crippen molar-refractivity contribution in [1.82, 2.24) is 0 Å². The van der Waals surface area contributed by atoms with Crippen molar-refractivity contribution in [3.63, 3.8) is 0 Å². The van der Waals surface area contributed by atoms with Crippen molar-refractivity contribution in [3.05, 3.63) is 6.92 Å². The normalized spacial score (nSPS) is 10.2. The third kappa shape index (κ3) is 43.2. The molecule has 6 heteroatoms. The number of hydrogen-bond donors (Lipinski definition) is 2. The zero-order valence-electron chi connectivity index (χ0n) is 11.9. The van der Waals surface area contributed by atoms with E-state index in [2.05, 4.69) is 13.8 Å². The van der Waals surface area contributed by atoms with Gasteiger partial charge in [-0.25, -0.2) is 0 Å².